The lowest BCUT2D eigenvalue weighted by atomic mass is 9.83. The molecule has 0 fully saturated rings. The first-order chi connectivity index (χ1) is 13.6. The summed E-state index contributed by atoms with van der Waals surface area (Å²) >= 11 is 0. The summed E-state index contributed by atoms with van der Waals surface area (Å²) in [6, 6.07) is 0. The van der Waals surface area contributed by atoms with E-state index in [1.807, 2.05) is 0 Å². The van der Waals surface area contributed by atoms with Gasteiger partial charge >= 0.3 is 23.9 Å². The molecule has 8 heteroatoms. The van der Waals surface area contributed by atoms with E-state index in [-0.39, 0.29) is 0 Å². The highest BCUT2D eigenvalue weighted by Gasteiger charge is 2.43. The summed E-state index contributed by atoms with van der Waals surface area (Å²) in [7, 11) is 0. The Kier molecular flexibility index (Phi) is 6.10. The number of hydrogen-bond donors (Lipinski definition) is 0. The molecule has 3 rings (SSSR count). The summed E-state index contributed by atoms with van der Waals surface area (Å²) < 4.78 is 21.7. The number of carbonyl (C=O) groups excluding carboxylic acids is 4. The Labute approximate surface area is 169 Å². The van der Waals surface area contributed by atoms with Gasteiger partial charge in [-0.05, 0) is 17.6 Å². The van der Waals surface area contributed by atoms with Crippen LogP contribution in [0.15, 0.2) is 22.3 Å². The van der Waals surface area contributed by atoms with E-state index < -0.39 is 48.3 Å². The van der Waals surface area contributed by atoms with Gasteiger partial charge in [0.25, 0.3) is 0 Å². The number of carbonyl (C=O) groups is 4. The molecule has 0 saturated heterocycles. The average molecular weight is 406 g/mol. The molecule has 0 saturated carbocycles. The number of hydrogen-bond acceptors (Lipinski definition) is 8. The molecule has 8 nitrogen and oxygen atoms in total. The molecule has 0 heterocycles. The van der Waals surface area contributed by atoms with Gasteiger partial charge in [-0.15, -0.1) is 0 Å². The van der Waals surface area contributed by atoms with Crippen LogP contribution >= 0.6 is 0 Å². The lowest BCUT2D eigenvalue weighted by Gasteiger charge is -2.34. The third kappa shape index (κ3) is 4.86. The largest absolute Gasteiger partial charge is 0.458 e. The fraction of sp³-hybridized carbons (Fsp3) is 0.619. The quantitative estimate of drug-likeness (QED) is 0.517. The van der Waals surface area contributed by atoms with Gasteiger partial charge in [-0.3, -0.25) is 19.2 Å². The monoisotopic (exact) mass is 406 g/mol. The lowest BCUT2D eigenvalue weighted by Crippen LogP contribution is -2.39. The van der Waals surface area contributed by atoms with Gasteiger partial charge in [-0.1, -0.05) is 11.1 Å². The Bertz CT molecular complexity index is 739. The van der Waals surface area contributed by atoms with Crippen LogP contribution in [0.2, 0.25) is 0 Å². The molecule has 158 valence electrons. The topological polar surface area (TPSA) is 105 Å². The van der Waals surface area contributed by atoms with E-state index in [9.17, 15) is 19.2 Å². The zero-order valence-electron chi connectivity index (χ0n) is 17.1. The number of ether oxygens (including phenoxy) is 4. The molecule has 0 aliphatic heterocycles. The van der Waals surface area contributed by atoms with E-state index >= 15 is 0 Å². The SMILES string of the molecule is CC(=O)O[C@H]1CC2=C(C[C@@H]1OC(C)=O)C1=C(C2)C[C@H](OC(C)=O)[C@@H](OC(C)=O)C1. The van der Waals surface area contributed by atoms with Crippen molar-refractivity contribution in [2.45, 2.75) is 84.2 Å². The normalized spacial score (nSPS) is 28.3. The van der Waals surface area contributed by atoms with Gasteiger partial charge in [0.1, 0.15) is 24.4 Å². The molecule has 4 atom stereocenters. The molecule has 0 N–H and O–H groups in total. The molecule has 0 bridgehead atoms. The maximum Gasteiger partial charge on any atom is 0.303 e. The summed E-state index contributed by atoms with van der Waals surface area (Å²) in [6.07, 6.45) is 0.385. The molecule has 3 aliphatic rings. The minimum absolute atomic E-state index is 0.420. The summed E-state index contributed by atoms with van der Waals surface area (Å²) in [6.45, 7) is 5.32. The molecule has 0 amide bonds. The highest BCUT2D eigenvalue weighted by Crippen LogP contribution is 2.48. The third-order valence-corrected chi connectivity index (χ3v) is 5.45. The van der Waals surface area contributed by atoms with E-state index in [4.69, 9.17) is 18.9 Å². The van der Waals surface area contributed by atoms with Crippen molar-refractivity contribution in [3.63, 3.8) is 0 Å². The van der Waals surface area contributed by atoms with Gasteiger partial charge in [-0.25, -0.2) is 0 Å². The average Bonchev–Trinajstić information content (AvgIpc) is 2.90. The summed E-state index contributed by atoms with van der Waals surface area (Å²) in [5.41, 5.74) is 4.42. The van der Waals surface area contributed by atoms with Gasteiger partial charge < -0.3 is 18.9 Å². The van der Waals surface area contributed by atoms with Crippen LogP contribution in [0.5, 0.6) is 0 Å². The zero-order chi connectivity index (χ0) is 21.3. The molecular formula is C21H26O8. The predicted molar refractivity (Wildman–Crippen MR) is 99.4 cm³/mol. The molecule has 0 spiro atoms. The molecule has 0 aromatic rings. The Hall–Kier alpha value is -2.64. The van der Waals surface area contributed by atoms with Crippen LogP contribution in [0.3, 0.4) is 0 Å². The minimum Gasteiger partial charge on any atom is -0.458 e. The lowest BCUT2D eigenvalue weighted by molar-refractivity contribution is -0.166. The number of rotatable bonds is 4. The predicted octanol–water partition coefficient (Wildman–Crippen LogP) is 2.30. The second kappa shape index (κ2) is 8.39. The molecule has 0 radical (unpaired) electrons. The van der Waals surface area contributed by atoms with Gasteiger partial charge in [0.2, 0.25) is 0 Å². The maximum atomic E-state index is 11.5. The van der Waals surface area contributed by atoms with Gasteiger partial charge in [-0.2, -0.15) is 0 Å². The van der Waals surface area contributed by atoms with E-state index in [0.717, 1.165) is 22.3 Å². The Morgan fingerprint density at radius 1 is 0.552 bits per heavy atom. The van der Waals surface area contributed by atoms with Crippen LogP contribution in [-0.2, 0) is 38.1 Å². The van der Waals surface area contributed by atoms with Crippen LogP contribution in [0.25, 0.3) is 0 Å². The Morgan fingerprint density at radius 2 is 0.828 bits per heavy atom. The van der Waals surface area contributed by atoms with Crippen molar-refractivity contribution < 1.29 is 38.1 Å². The molecule has 0 aromatic heterocycles. The fourth-order valence-electron chi connectivity index (χ4n) is 4.56. The van der Waals surface area contributed by atoms with E-state index in [1.54, 1.807) is 0 Å². The Morgan fingerprint density at radius 3 is 1.10 bits per heavy atom. The second-order valence-corrected chi connectivity index (χ2v) is 7.75. The van der Waals surface area contributed by atoms with E-state index in [0.29, 0.717) is 32.1 Å². The van der Waals surface area contributed by atoms with Crippen LogP contribution in [-0.4, -0.2) is 48.3 Å². The van der Waals surface area contributed by atoms with Crippen molar-refractivity contribution in [1.29, 1.82) is 0 Å². The van der Waals surface area contributed by atoms with Crippen LogP contribution in [0.1, 0.15) is 59.8 Å². The highest BCUT2D eigenvalue weighted by atomic mass is 16.6. The summed E-state index contributed by atoms with van der Waals surface area (Å²) in [5.74, 6) is -1.70. The third-order valence-electron chi connectivity index (χ3n) is 5.45. The van der Waals surface area contributed by atoms with Crippen molar-refractivity contribution in [3.8, 4) is 0 Å². The standard InChI is InChI=1S/C21H26O8/c1-10(22)26-18-6-14-5-15-7-19(27-11(2)23)21(29-13(4)25)9-17(15)16(14)8-20(18)28-12(3)24/h18-21H,5-9H2,1-4H3/t18-,19-,20-,21-/m0/s1. The van der Waals surface area contributed by atoms with Crippen LogP contribution in [0, 0.1) is 0 Å². The first-order valence-corrected chi connectivity index (χ1v) is 9.75. The smallest absolute Gasteiger partial charge is 0.303 e. The van der Waals surface area contributed by atoms with Gasteiger partial charge in [0.15, 0.2) is 0 Å². The maximum absolute atomic E-state index is 11.5. The first-order valence-electron chi connectivity index (χ1n) is 9.75. The summed E-state index contributed by atoms with van der Waals surface area (Å²) in [4.78, 5) is 46.1. The van der Waals surface area contributed by atoms with Gasteiger partial charge in [0.05, 0.1) is 0 Å². The summed E-state index contributed by atoms with van der Waals surface area (Å²) in [5, 5.41) is 0. The fourth-order valence-corrected chi connectivity index (χ4v) is 4.56. The molecule has 29 heavy (non-hydrogen) atoms. The molecular weight excluding hydrogens is 380 g/mol. The zero-order valence-corrected chi connectivity index (χ0v) is 17.1. The molecule has 0 aromatic carbocycles. The first kappa shape index (κ1) is 21.1. The van der Waals surface area contributed by atoms with E-state index in [1.165, 1.54) is 27.7 Å². The van der Waals surface area contributed by atoms with Crippen LogP contribution in [0.4, 0.5) is 0 Å². The van der Waals surface area contributed by atoms with Crippen molar-refractivity contribution in [3.05, 3.63) is 22.3 Å². The number of esters is 4. The Balaban J connectivity index is 1.84. The minimum atomic E-state index is -0.555. The van der Waals surface area contributed by atoms with Gasteiger partial charge in [0, 0.05) is 53.4 Å². The van der Waals surface area contributed by atoms with Crippen molar-refractivity contribution >= 4 is 23.9 Å². The van der Waals surface area contributed by atoms with Crippen molar-refractivity contribution in [2.75, 3.05) is 0 Å². The van der Waals surface area contributed by atoms with Crippen molar-refractivity contribution in [2.24, 2.45) is 0 Å². The molecule has 3 aliphatic carbocycles. The highest BCUT2D eigenvalue weighted by molar-refractivity contribution is 5.69. The van der Waals surface area contributed by atoms with Crippen molar-refractivity contribution in [1.82, 2.24) is 0 Å². The van der Waals surface area contributed by atoms with E-state index in [2.05, 4.69) is 0 Å². The number of fused-ring (bicyclic) bond motifs is 1. The second-order valence-electron chi connectivity index (χ2n) is 7.75. The van der Waals surface area contributed by atoms with Crippen LogP contribution < -0.4 is 0 Å². The molecule has 0 unspecified atom stereocenters.